The largest absolute Gasteiger partial charge is 0.489 e. The van der Waals surface area contributed by atoms with E-state index in [1.165, 1.54) is 11.3 Å². The molecule has 0 aliphatic carbocycles. The van der Waals surface area contributed by atoms with Gasteiger partial charge in [0.1, 0.15) is 18.4 Å². The number of hydrogen-bond acceptors (Lipinski definition) is 5. The Bertz CT molecular complexity index is 1130. The molecule has 2 aromatic carbocycles. The van der Waals surface area contributed by atoms with Crippen LogP contribution in [0.5, 0.6) is 5.75 Å². The van der Waals surface area contributed by atoms with Crippen LogP contribution in [0.1, 0.15) is 33.6 Å². The highest BCUT2D eigenvalue weighted by atomic mass is 35.5. The van der Waals surface area contributed by atoms with Crippen LogP contribution in [-0.4, -0.2) is 35.2 Å². The van der Waals surface area contributed by atoms with Crippen LogP contribution in [-0.2, 0) is 22.6 Å². The Labute approximate surface area is 206 Å². The zero-order valence-electron chi connectivity index (χ0n) is 18.3. The molecule has 3 aromatic rings. The van der Waals surface area contributed by atoms with Crippen LogP contribution in [0.2, 0.25) is 5.02 Å². The van der Waals surface area contributed by atoms with Crippen LogP contribution in [0.4, 0.5) is 0 Å². The molecule has 7 nitrogen and oxygen atoms in total. The maximum atomic E-state index is 12.7. The third-order valence-corrected chi connectivity index (χ3v) is 6.64. The Morgan fingerprint density at radius 2 is 1.79 bits per heavy atom. The summed E-state index contributed by atoms with van der Waals surface area (Å²) >= 11 is 7.39. The minimum Gasteiger partial charge on any atom is -0.489 e. The van der Waals surface area contributed by atoms with Crippen LogP contribution < -0.4 is 15.6 Å². The number of thiophene rings is 1. The van der Waals surface area contributed by atoms with Crippen molar-refractivity contribution in [3.05, 3.63) is 87.1 Å². The monoisotopic (exact) mass is 497 g/mol. The van der Waals surface area contributed by atoms with Crippen molar-refractivity contribution in [1.29, 1.82) is 0 Å². The minimum absolute atomic E-state index is 0.0807. The molecule has 1 aliphatic rings. The summed E-state index contributed by atoms with van der Waals surface area (Å²) in [7, 11) is 0. The predicted molar refractivity (Wildman–Crippen MR) is 131 cm³/mol. The van der Waals surface area contributed by atoms with Gasteiger partial charge in [-0.05, 0) is 66.2 Å². The standard InChI is InChI=1S/C25H24ClN3O4S/c26-19-9-11-20(12-10-19)33-16-17-5-7-18(8-6-17)24(31)27-28-25(32)22-4-1-13-29(22)23(30)15-21-3-2-14-34-21/h2-3,5-12,14,22H,1,4,13,15-16H2,(H,27,31)(H,28,32). The van der Waals surface area contributed by atoms with Gasteiger partial charge in [0.25, 0.3) is 11.8 Å². The number of hydrazine groups is 1. The summed E-state index contributed by atoms with van der Waals surface area (Å²) in [5.41, 5.74) is 6.20. The van der Waals surface area contributed by atoms with Crippen LogP contribution >= 0.6 is 22.9 Å². The third kappa shape index (κ3) is 6.15. The van der Waals surface area contributed by atoms with Gasteiger partial charge >= 0.3 is 0 Å². The molecule has 0 spiro atoms. The topological polar surface area (TPSA) is 87.7 Å². The van der Waals surface area contributed by atoms with Crippen molar-refractivity contribution in [2.75, 3.05) is 6.54 Å². The van der Waals surface area contributed by atoms with Crippen molar-refractivity contribution >= 4 is 40.7 Å². The van der Waals surface area contributed by atoms with E-state index < -0.39 is 17.9 Å². The molecule has 1 unspecified atom stereocenters. The molecule has 176 valence electrons. The summed E-state index contributed by atoms with van der Waals surface area (Å²) in [6.45, 7) is 0.882. The van der Waals surface area contributed by atoms with Crippen LogP contribution in [0.25, 0.3) is 0 Å². The molecule has 2 heterocycles. The van der Waals surface area contributed by atoms with Gasteiger partial charge in [-0.2, -0.15) is 0 Å². The zero-order valence-corrected chi connectivity index (χ0v) is 19.9. The van der Waals surface area contributed by atoms with Gasteiger partial charge in [0.05, 0.1) is 6.42 Å². The average molecular weight is 498 g/mol. The fourth-order valence-corrected chi connectivity index (χ4v) is 4.55. The quantitative estimate of drug-likeness (QED) is 0.483. The normalized spacial score (nSPS) is 15.1. The molecule has 0 bridgehead atoms. The number of benzene rings is 2. The molecule has 1 fully saturated rings. The molecule has 4 rings (SSSR count). The van der Waals surface area contributed by atoms with Gasteiger partial charge in [0.2, 0.25) is 5.91 Å². The minimum atomic E-state index is -0.583. The number of ether oxygens (including phenoxy) is 1. The van der Waals surface area contributed by atoms with E-state index in [2.05, 4.69) is 10.9 Å². The van der Waals surface area contributed by atoms with E-state index in [0.717, 1.165) is 16.9 Å². The second-order valence-corrected chi connectivity index (χ2v) is 9.35. The number of nitrogens with one attached hydrogen (secondary N) is 2. The number of nitrogens with zero attached hydrogens (tertiary/aromatic N) is 1. The van der Waals surface area contributed by atoms with Crippen LogP contribution in [0.3, 0.4) is 0 Å². The molecule has 0 saturated carbocycles. The molecule has 1 atom stereocenters. The first kappa shape index (κ1) is 23.8. The number of carbonyl (C=O) groups is 3. The molecular weight excluding hydrogens is 474 g/mol. The molecule has 9 heteroatoms. The molecular formula is C25H24ClN3O4S. The fourth-order valence-electron chi connectivity index (χ4n) is 3.73. The third-order valence-electron chi connectivity index (χ3n) is 5.52. The molecule has 2 N–H and O–H groups in total. The number of likely N-dealkylation sites (tertiary alicyclic amines) is 1. The number of amides is 3. The second-order valence-electron chi connectivity index (χ2n) is 7.88. The molecule has 1 saturated heterocycles. The smallest absolute Gasteiger partial charge is 0.269 e. The van der Waals surface area contributed by atoms with Crippen molar-refractivity contribution in [3.8, 4) is 5.75 Å². The van der Waals surface area contributed by atoms with Gasteiger partial charge in [-0.3, -0.25) is 25.2 Å². The Morgan fingerprint density at radius 3 is 2.50 bits per heavy atom. The molecule has 34 heavy (non-hydrogen) atoms. The first-order valence-corrected chi connectivity index (χ1v) is 12.1. The summed E-state index contributed by atoms with van der Waals surface area (Å²) in [4.78, 5) is 40.3. The fraction of sp³-hybridized carbons (Fsp3) is 0.240. The van der Waals surface area contributed by atoms with Crippen molar-refractivity contribution in [1.82, 2.24) is 15.8 Å². The highest BCUT2D eigenvalue weighted by Gasteiger charge is 2.34. The van der Waals surface area contributed by atoms with E-state index in [9.17, 15) is 14.4 Å². The first-order chi connectivity index (χ1) is 16.5. The van der Waals surface area contributed by atoms with Gasteiger partial charge in [0, 0.05) is 22.0 Å². The van der Waals surface area contributed by atoms with Gasteiger partial charge in [-0.15, -0.1) is 11.3 Å². The maximum absolute atomic E-state index is 12.7. The van der Waals surface area contributed by atoms with E-state index in [1.807, 2.05) is 17.5 Å². The number of hydrogen-bond donors (Lipinski definition) is 2. The highest BCUT2D eigenvalue weighted by molar-refractivity contribution is 7.10. The van der Waals surface area contributed by atoms with Crippen molar-refractivity contribution < 1.29 is 19.1 Å². The lowest BCUT2D eigenvalue weighted by Crippen LogP contribution is -2.51. The molecule has 1 aliphatic heterocycles. The average Bonchev–Trinajstić information content (AvgIpc) is 3.55. The van der Waals surface area contributed by atoms with E-state index in [1.54, 1.807) is 53.4 Å². The van der Waals surface area contributed by atoms with Crippen molar-refractivity contribution in [3.63, 3.8) is 0 Å². The van der Waals surface area contributed by atoms with Gasteiger partial charge < -0.3 is 9.64 Å². The molecule has 0 radical (unpaired) electrons. The Morgan fingerprint density at radius 1 is 1.03 bits per heavy atom. The highest BCUT2D eigenvalue weighted by Crippen LogP contribution is 2.20. The van der Waals surface area contributed by atoms with Crippen molar-refractivity contribution in [2.45, 2.75) is 31.9 Å². The first-order valence-electron chi connectivity index (χ1n) is 10.9. The summed E-state index contributed by atoms with van der Waals surface area (Å²) in [5.74, 6) is -0.210. The molecule has 1 aromatic heterocycles. The number of halogens is 1. The van der Waals surface area contributed by atoms with E-state index in [0.29, 0.717) is 35.9 Å². The Kier molecular flexibility index (Phi) is 7.82. The van der Waals surface area contributed by atoms with Gasteiger partial charge in [-0.25, -0.2) is 0 Å². The van der Waals surface area contributed by atoms with Crippen LogP contribution in [0, 0.1) is 0 Å². The van der Waals surface area contributed by atoms with Crippen LogP contribution in [0.15, 0.2) is 66.0 Å². The zero-order chi connectivity index (χ0) is 23.9. The lowest BCUT2D eigenvalue weighted by Gasteiger charge is -2.24. The van der Waals surface area contributed by atoms with Gasteiger partial charge in [-0.1, -0.05) is 29.8 Å². The van der Waals surface area contributed by atoms with Crippen molar-refractivity contribution in [2.24, 2.45) is 0 Å². The van der Waals surface area contributed by atoms with Gasteiger partial charge in [0.15, 0.2) is 0 Å². The second kappa shape index (κ2) is 11.2. The number of rotatable bonds is 7. The number of carbonyl (C=O) groups excluding carboxylic acids is 3. The maximum Gasteiger partial charge on any atom is 0.269 e. The summed E-state index contributed by atoms with van der Waals surface area (Å²) < 4.78 is 5.70. The van der Waals surface area contributed by atoms with E-state index in [-0.39, 0.29) is 12.3 Å². The predicted octanol–water partition coefficient (Wildman–Crippen LogP) is 3.98. The molecule has 3 amide bonds. The lowest BCUT2D eigenvalue weighted by atomic mass is 10.1. The van der Waals surface area contributed by atoms with E-state index in [4.69, 9.17) is 16.3 Å². The summed E-state index contributed by atoms with van der Waals surface area (Å²) in [6.07, 6.45) is 1.60. The Hall–Kier alpha value is -3.36. The SMILES string of the molecule is O=C(NNC(=O)C1CCCN1C(=O)Cc1cccs1)c1ccc(COc2ccc(Cl)cc2)cc1. The lowest BCUT2D eigenvalue weighted by molar-refractivity contribution is -0.138. The Balaban J connectivity index is 1.25. The summed E-state index contributed by atoms with van der Waals surface area (Å²) in [6, 6.07) is 17.2. The summed E-state index contributed by atoms with van der Waals surface area (Å²) in [5, 5.41) is 2.56. The van der Waals surface area contributed by atoms with E-state index >= 15 is 0 Å².